The van der Waals surface area contributed by atoms with Gasteiger partial charge in [-0.1, -0.05) is 59.5 Å². The summed E-state index contributed by atoms with van der Waals surface area (Å²) in [5, 5.41) is 5.06. The van der Waals surface area contributed by atoms with Crippen LogP contribution < -0.4 is 5.56 Å². The molecule has 172 valence electrons. The van der Waals surface area contributed by atoms with Crippen molar-refractivity contribution < 1.29 is 9.21 Å². The summed E-state index contributed by atoms with van der Waals surface area (Å²) in [5.74, 6) is 2.13. The minimum atomic E-state index is -0.185. The molecule has 2 aromatic carbocycles. The van der Waals surface area contributed by atoms with Gasteiger partial charge in [-0.15, -0.1) is 0 Å². The second kappa shape index (κ2) is 9.50. The van der Waals surface area contributed by atoms with Crippen molar-refractivity contribution in [1.82, 2.24) is 9.66 Å². The molecule has 4 aromatic rings. The first-order valence-corrected chi connectivity index (χ1v) is 12.3. The minimum Gasteiger partial charge on any atom is -0.455 e. The van der Waals surface area contributed by atoms with Crippen molar-refractivity contribution in [2.24, 2.45) is 5.10 Å². The van der Waals surface area contributed by atoms with Crippen molar-refractivity contribution >= 4 is 38.8 Å². The lowest BCUT2D eigenvalue weighted by atomic mass is 9.88. The molecule has 2 aromatic heterocycles. The van der Waals surface area contributed by atoms with Crippen molar-refractivity contribution in [1.29, 1.82) is 0 Å². The lowest BCUT2D eigenvalue weighted by Gasteiger charge is -2.22. The van der Waals surface area contributed by atoms with Gasteiger partial charge in [-0.05, 0) is 50.1 Å². The van der Waals surface area contributed by atoms with E-state index in [1.165, 1.54) is 11.1 Å². The Labute approximate surface area is 205 Å². The van der Waals surface area contributed by atoms with E-state index < -0.39 is 0 Å². The van der Waals surface area contributed by atoms with Crippen LogP contribution in [0.3, 0.4) is 0 Å². The maximum Gasteiger partial charge on any atom is 0.282 e. The average molecular weight is 518 g/mol. The Morgan fingerprint density at radius 3 is 2.59 bits per heavy atom. The summed E-state index contributed by atoms with van der Waals surface area (Å²) in [6, 6.07) is 16.5. The van der Waals surface area contributed by atoms with Crippen molar-refractivity contribution in [3.8, 4) is 11.3 Å². The van der Waals surface area contributed by atoms with E-state index in [4.69, 9.17) is 9.40 Å². The van der Waals surface area contributed by atoms with Crippen LogP contribution in [0, 0.1) is 0 Å². The highest BCUT2D eigenvalue weighted by Gasteiger charge is 2.22. The number of carbonyl (C=O) groups excluding carboxylic acids is 1. The normalized spacial score (nSPS) is 14.8. The quantitative estimate of drug-likeness (QED) is 0.222. The number of furan rings is 1. The van der Waals surface area contributed by atoms with E-state index in [9.17, 15) is 9.59 Å². The highest BCUT2D eigenvalue weighted by atomic mass is 79.9. The fraction of sp³-hybridized carbons (Fsp3) is 0.259. The summed E-state index contributed by atoms with van der Waals surface area (Å²) in [6.07, 6.45) is 7.05. The molecule has 0 radical (unpaired) electrons. The summed E-state index contributed by atoms with van der Waals surface area (Å²) < 4.78 is 8.21. The largest absolute Gasteiger partial charge is 0.455 e. The van der Waals surface area contributed by atoms with E-state index in [1.54, 1.807) is 31.3 Å². The molecule has 2 heterocycles. The van der Waals surface area contributed by atoms with E-state index in [-0.39, 0.29) is 17.3 Å². The van der Waals surface area contributed by atoms with E-state index in [1.807, 2.05) is 36.4 Å². The Hall–Kier alpha value is -3.32. The number of nitrogens with zero attached hydrogens (tertiary/aromatic N) is 3. The number of rotatable bonds is 5. The topological polar surface area (TPSA) is 77.5 Å². The van der Waals surface area contributed by atoms with E-state index in [2.05, 4.69) is 21.0 Å². The molecule has 0 aliphatic heterocycles. The maximum atomic E-state index is 13.4. The van der Waals surface area contributed by atoms with Crippen LogP contribution >= 0.6 is 15.9 Å². The van der Waals surface area contributed by atoms with Crippen LogP contribution in [0.5, 0.6) is 0 Å². The van der Waals surface area contributed by atoms with Crippen LogP contribution in [0.1, 0.15) is 66.9 Å². The average Bonchev–Trinajstić information content (AvgIpc) is 3.33. The van der Waals surface area contributed by atoms with Gasteiger partial charge in [0.2, 0.25) is 0 Å². The Morgan fingerprint density at radius 2 is 1.85 bits per heavy atom. The number of carbonyl (C=O) groups is 1. The predicted octanol–water partition coefficient (Wildman–Crippen LogP) is 6.55. The van der Waals surface area contributed by atoms with Gasteiger partial charge in [-0.2, -0.15) is 9.78 Å². The summed E-state index contributed by atoms with van der Waals surface area (Å²) in [7, 11) is 0. The Bertz CT molecular complexity index is 1440. The fourth-order valence-corrected chi connectivity index (χ4v) is 4.82. The molecule has 1 aliphatic carbocycles. The highest BCUT2D eigenvalue weighted by Crippen LogP contribution is 2.32. The third-order valence-electron chi connectivity index (χ3n) is 6.31. The Morgan fingerprint density at radius 1 is 1.09 bits per heavy atom. The molecule has 0 unspecified atom stereocenters. The second-order valence-corrected chi connectivity index (χ2v) is 9.58. The fourth-order valence-electron chi connectivity index (χ4n) is 4.46. The summed E-state index contributed by atoms with van der Waals surface area (Å²) in [4.78, 5) is 29.8. The molecule has 1 aliphatic rings. The molecule has 1 fully saturated rings. The number of fused-ring (bicyclic) bond motifs is 1. The molecule has 0 atom stereocenters. The number of ketones is 1. The van der Waals surface area contributed by atoms with Crippen LogP contribution in [0.25, 0.3) is 22.2 Å². The number of hydrogen-bond acceptors (Lipinski definition) is 5. The lowest BCUT2D eigenvalue weighted by Crippen LogP contribution is -2.25. The summed E-state index contributed by atoms with van der Waals surface area (Å²) >= 11 is 3.45. The standard InChI is InChI=1S/C27H24BrN3O3/c1-17(32)18-7-9-19(10-8-18)25-14-12-22(34-25)16-29-31-26(20-5-3-2-4-6-20)30-24-13-11-21(28)15-23(24)27(31)33/h7-16,20H,2-6H2,1H3. The first-order chi connectivity index (χ1) is 16.5. The van der Waals surface area contributed by atoms with E-state index in [0.717, 1.165) is 35.7 Å². The first-order valence-electron chi connectivity index (χ1n) is 11.5. The molecular weight excluding hydrogens is 494 g/mol. The number of halogens is 1. The minimum absolute atomic E-state index is 0.0223. The molecule has 34 heavy (non-hydrogen) atoms. The van der Waals surface area contributed by atoms with Gasteiger partial charge in [0, 0.05) is 21.5 Å². The molecule has 1 saturated carbocycles. The molecule has 6 nitrogen and oxygen atoms in total. The molecule has 7 heteroatoms. The van der Waals surface area contributed by atoms with Gasteiger partial charge < -0.3 is 4.42 Å². The zero-order chi connectivity index (χ0) is 23.7. The number of Topliss-reactive ketones (excluding diaryl/α,β-unsaturated/α-hetero) is 1. The third-order valence-corrected chi connectivity index (χ3v) is 6.80. The van der Waals surface area contributed by atoms with Gasteiger partial charge in [0.25, 0.3) is 5.56 Å². The van der Waals surface area contributed by atoms with Crippen LogP contribution in [-0.2, 0) is 0 Å². The number of hydrogen-bond donors (Lipinski definition) is 0. The second-order valence-electron chi connectivity index (χ2n) is 8.66. The Balaban J connectivity index is 1.51. The number of aromatic nitrogens is 2. The highest BCUT2D eigenvalue weighted by molar-refractivity contribution is 9.10. The lowest BCUT2D eigenvalue weighted by molar-refractivity contribution is 0.101. The maximum absolute atomic E-state index is 13.4. The predicted molar refractivity (Wildman–Crippen MR) is 137 cm³/mol. The molecular formula is C27H24BrN3O3. The number of benzene rings is 2. The zero-order valence-electron chi connectivity index (χ0n) is 18.8. The van der Waals surface area contributed by atoms with Crippen molar-refractivity contribution in [3.63, 3.8) is 0 Å². The van der Waals surface area contributed by atoms with Crippen LogP contribution in [0.4, 0.5) is 0 Å². The molecule has 0 saturated heterocycles. The van der Waals surface area contributed by atoms with Gasteiger partial charge >= 0.3 is 0 Å². The summed E-state index contributed by atoms with van der Waals surface area (Å²) in [6.45, 7) is 1.54. The molecule has 5 rings (SSSR count). The SMILES string of the molecule is CC(=O)c1ccc(-c2ccc(C=Nn3c(C4CCCCC4)nc4ccc(Br)cc4c3=O)o2)cc1. The molecule has 0 amide bonds. The van der Waals surface area contributed by atoms with Gasteiger partial charge in [0.1, 0.15) is 17.3 Å². The van der Waals surface area contributed by atoms with Gasteiger partial charge in [0.15, 0.2) is 5.78 Å². The first kappa shape index (κ1) is 22.5. The van der Waals surface area contributed by atoms with Gasteiger partial charge in [-0.3, -0.25) is 9.59 Å². The van der Waals surface area contributed by atoms with Crippen LogP contribution in [0.2, 0.25) is 0 Å². The van der Waals surface area contributed by atoms with E-state index >= 15 is 0 Å². The summed E-state index contributed by atoms with van der Waals surface area (Å²) in [5.41, 5.74) is 2.02. The Kier molecular flexibility index (Phi) is 6.28. The van der Waals surface area contributed by atoms with Gasteiger partial charge in [0.05, 0.1) is 17.1 Å². The smallest absolute Gasteiger partial charge is 0.282 e. The van der Waals surface area contributed by atoms with Crippen LogP contribution in [0.15, 0.2) is 73.4 Å². The molecule has 0 N–H and O–H groups in total. The zero-order valence-corrected chi connectivity index (χ0v) is 20.4. The van der Waals surface area contributed by atoms with Crippen molar-refractivity contribution in [3.05, 3.63) is 86.6 Å². The van der Waals surface area contributed by atoms with Crippen molar-refractivity contribution in [2.45, 2.75) is 44.9 Å². The molecule has 0 spiro atoms. The van der Waals surface area contributed by atoms with Crippen LogP contribution in [-0.4, -0.2) is 21.7 Å². The molecule has 0 bridgehead atoms. The van der Waals surface area contributed by atoms with Crippen molar-refractivity contribution in [2.75, 3.05) is 0 Å². The van der Waals surface area contributed by atoms with Gasteiger partial charge in [-0.25, -0.2) is 4.98 Å². The monoisotopic (exact) mass is 517 g/mol. The third kappa shape index (κ3) is 4.53. The van der Waals surface area contributed by atoms with E-state index in [0.29, 0.717) is 33.8 Å².